The highest BCUT2D eigenvalue weighted by Gasteiger charge is 2.19. The molecule has 0 atom stereocenters. The van der Waals surface area contributed by atoms with Crippen LogP contribution in [0.25, 0.3) is 0 Å². The Kier molecular flexibility index (Phi) is 4.76. The van der Waals surface area contributed by atoms with Crippen LogP contribution in [-0.4, -0.2) is 19.6 Å². The first-order valence-corrected chi connectivity index (χ1v) is 8.66. The number of ether oxygens (including phenoxy) is 1. The normalized spacial score (nSPS) is 11.6. The number of aromatic hydroxyl groups is 1. The number of aryl methyl sites for hydroxylation is 1. The average molecular weight is 320 g/mol. The van der Waals surface area contributed by atoms with Gasteiger partial charge in [0.05, 0.1) is 15.9 Å². The van der Waals surface area contributed by atoms with Gasteiger partial charge in [0, 0.05) is 0 Å². The minimum atomic E-state index is -3.60. The molecule has 0 saturated carbocycles. The third-order valence-corrected chi connectivity index (χ3v) is 5.02. The van der Waals surface area contributed by atoms with E-state index in [1.54, 1.807) is 12.1 Å². The zero-order valence-corrected chi connectivity index (χ0v) is 13.7. The van der Waals surface area contributed by atoms with Gasteiger partial charge in [0.1, 0.15) is 11.5 Å². The lowest BCUT2D eigenvalue weighted by Gasteiger charge is -2.11. The van der Waals surface area contributed by atoms with E-state index in [9.17, 15) is 13.5 Å². The smallest absolute Gasteiger partial charge is 0.206 e. The molecule has 4 nitrogen and oxygen atoms in total. The number of rotatable bonds is 5. The summed E-state index contributed by atoms with van der Waals surface area (Å²) in [6.45, 7) is 5.68. The Labute approximate surface area is 131 Å². The van der Waals surface area contributed by atoms with Crippen LogP contribution >= 0.6 is 0 Å². The maximum absolute atomic E-state index is 12.6. The van der Waals surface area contributed by atoms with Crippen molar-refractivity contribution < 1.29 is 18.3 Å². The average Bonchev–Trinajstić information content (AvgIpc) is 2.47. The highest BCUT2D eigenvalue weighted by molar-refractivity contribution is 7.91. The van der Waals surface area contributed by atoms with Crippen LogP contribution in [-0.2, 0) is 16.3 Å². The molecule has 2 aromatic rings. The SMILES string of the molecule is CCc1cc(S(=O)(=O)c2ccc(OC(C)C)cc2)ccc1O. The van der Waals surface area contributed by atoms with Crippen molar-refractivity contribution in [2.24, 2.45) is 0 Å². The van der Waals surface area contributed by atoms with Crippen LogP contribution in [0.1, 0.15) is 26.3 Å². The first-order chi connectivity index (χ1) is 10.3. The molecule has 0 saturated heterocycles. The lowest BCUT2D eigenvalue weighted by atomic mass is 10.1. The van der Waals surface area contributed by atoms with E-state index in [1.165, 1.54) is 30.3 Å². The van der Waals surface area contributed by atoms with Gasteiger partial charge in [0.2, 0.25) is 9.84 Å². The fourth-order valence-corrected chi connectivity index (χ4v) is 3.43. The van der Waals surface area contributed by atoms with Crippen molar-refractivity contribution in [1.29, 1.82) is 0 Å². The standard InChI is InChI=1S/C17H20O4S/c1-4-13-11-16(9-10-17(13)18)22(19,20)15-7-5-14(6-8-15)21-12(2)3/h5-12,18H,4H2,1-3H3. The summed E-state index contributed by atoms with van der Waals surface area (Å²) in [6.07, 6.45) is 0.600. The molecule has 2 aromatic carbocycles. The van der Waals surface area contributed by atoms with Crippen molar-refractivity contribution in [3.8, 4) is 11.5 Å². The van der Waals surface area contributed by atoms with Crippen molar-refractivity contribution in [3.63, 3.8) is 0 Å². The Morgan fingerprint density at radius 2 is 1.64 bits per heavy atom. The van der Waals surface area contributed by atoms with Crippen molar-refractivity contribution in [2.75, 3.05) is 0 Å². The fourth-order valence-electron chi connectivity index (χ4n) is 2.12. The van der Waals surface area contributed by atoms with Gasteiger partial charge in [-0.15, -0.1) is 0 Å². The molecule has 5 heteroatoms. The molecule has 118 valence electrons. The maximum atomic E-state index is 12.6. The van der Waals surface area contributed by atoms with Gasteiger partial charge in [0.15, 0.2) is 0 Å². The second-order valence-electron chi connectivity index (χ2n) is 5.29. The van der Waals surface area contributed by atoms with Crippen LogP contribution in [0.15, 0.2) is 52.3 Å². The van der Waals surface area contributed by atoms with Crippen LogP contribution in [0, 0.1) is 0 Å². The van der Waals surface area contributed by atoms with E-state index >= 15 is 0 Å². The summed E-state index contributed by atoms with van der Waals surface area (Å²) in [4.78, 5) is 0.385. The second-order valence-corrected chi connectivity index (χ2v) is 7.24. The molecule has 0 radical (unpaired) electrons. The van der Waals surface area contributed by atoms with Crippen molar-refractivity contribution in [2.45, 2.75) is 43.1 Å². The molecule has 0 fully saturated rings. The van der Waals surface area contributed by atoms with Gasteiger partial charge < -0.3 is 9.84 Å². The van der Waals surface area contributed by atoms with Crippen molar-refractivity contribution >= 4 is 9.84 Å². The molecule has 0 heterocycles. The fraction of sp³-hybridized carbons (Fsp3) is 0.294. The molecular weight excluding hydrogens is 300 g/mol. The van der Waals surface area contributed by atoms with E-state index in [4.69, 9.17) is 4.74 Å². The van der Waals surface area contributed by atoms with Crippen LogP contribution in [0.4, 0.5) is 0 Å². The topological polar surface area (TPSA) is 63.6 Å². The number of phenols is 1. The van der Waals surface area contributed by atoms with Crippen LogP contribution in [0.3, 0.4) is 0 Å². The summed E-state index contributed by atoms with van der Waals surface area (Å²) < 4.78 is 30.8. The second kappa shape index (κ2) is 6.40. The van der Waals surface area contributed by atoms with E-state index in [2.05, 4.69) is 0 Å². The van der Waals surface area contributed by atoms with E-state index in [1.807, 2.05) is 20.8 Å². The first-order valence-electron chi connectivity index (χ1n) is 7.18. The highest BCUT2D eigenvalue weighted by atomic mass is 32.2. The lowest BCUT2D eigenvalue weighted by molar-refractivity contribution is 0.242. The van der Waals surface area contributed by atoms with Gasteiger partial charge >= 0.3 is 0 Å². The Balaban J connectivity index is 2.38. The largest absolute Gasteiger partial charge is 0.508 e. The number of hydrogen-bond acceptors (Lipinski definition) is 4. The van der Waals surface area contributed by atoms with Crippen LogP contribution < -0.4 is 4.74 Å². The van der Waals surface area contributed by atoms with Gasteiger partial charge in [0.25, 0.3) is 0 Å². The predicted molar refractivity (Wildman–Crippen MR) is 85.1 cm³/mol. The van der Waals surface area contributed by atoms with Gasteiger partial charge in [-0.2, -0.15) is 0 Å². The van der Waals surface area contributed by atoms with E-state index in [0.29, 0.717) is 17.7 Å². The zero-order chi connectivity index (χ0) is 16.3. The number of hydrogen-bond donors (Lipinski definition) is 1. The molecule has 0 amide bonds. The molecule has 0 spiro atoms. The molecule has 0 aliphatic rings. The van der Waals surface area contributed by atoms with E-state index < -0.39 is 9.84 Å². The zero-order valence-electron chi connectivity index (χ0n) is 12.9. The quantitative estimate of drug-likeness (QED) is 0.914. The molecule has 0 aliphatic carbocycles. The minimum Gasteiger partial charge on any atom is -0.508 e. The van der Waals surface area contributed by atoms with Gasteiger partial charge in [-0.25, -0.2) is 8.42 Å². The first kappa shape index (κ1) is 16.4. The molecule has 1 N–H and O–H groups in total. The summed E-state index contributed by atoms with van der Waals surface area (Å²) in [5, 5.41) is 9.68. The molecule has 22 heavy (non-hydrogen) atoms. The third-order valence-electron chi connectivity index (χ3n) is 3.25. The maximum Gasteiger partial charge on any atom is 0.206 e. The Morgan fingerprint density at radius 1 is 1.05 bits per heavy atom. The van der Waals surface area contributed by atoms with Crippen LogP contribution in [0.2, 0.25) is 0 Å². The summed E-state index contributed by atoms with van der Waals surface area (Å²) in [6, 6.07) is 10.7. The molecule has 2 rings (SSSR count). The Hall–Kier alpha value is -2.01. The monoisotopic (exact) mass is 320 g/mol. The Morgan fingerprint density at radius 3 is 2.18 bits per heavy atom. The van der Waals surface area contributed by atoms with Gasteiger partial charge in [-0.3, -0.25) is 0 Å². The van der Waals surface area contributed by atoms with E-state index in [-0.39, 0.29) is 21.6 Å². The molecule has 0 bridgehead atoms. The number of phenolic OH excluding ortho intramolecular Hbond substituents is 1. The lowest BCUT2D eigenvalue weighted by Crippen LogP contribution is -2.06. The number of benzene rings is 2. The molecular formula is C17H20O4S. The number of sulfone groups is 1. The summed E-state index contributed by atoms with van der Waals surface area (Å²) in [7, 11) is -3.60. The van der Waals surface area contributed by atoms with Crippen LogP contribution in [0.5, 0.6) is 11.5 Å². The molecule has 0 aliphatic heterocycles. The van der Waals surface area contributed by atoms with Gasteiger partial charge in [-0.05, 0) is 68.3 Å². The predicted octanol–water partition coefficient (Wildman–Crippen LogP) is 3.57. The van der Waals surface area contributed by atoms with E-state index in [0.717, 1.165) is 0 Å². The third kappa shape index (κ3) is 3.42. The Bertz CT molecular complexity index is 747. The van der Waals surface area contributed by atoms with Crippen molar-refractivity contribution in [3.05, 3.63) is 48.0 Å². The highest BCUT2D eigenvalue weighted by Crippen LogP contribution is 2.27. The molecule has 0 aromatic heterocycles. The van der Waals surface area contributed by atoms with Gasteiger partial charge in [-0.1, -0.05) is 6.92 Å². The molecule has 0 unspecified atom stereocenters. The summed E-state index contributed by atoms with van der Waals surface area (Å²) in [5.41, 5.74) is 0.612. The summed E-state index contributed by atoms with van der Waals surface area (Å²) >= 11 is 0. The van der Waals surface area contributed by atoms with Crippen molar-refractivity contribution in [1.82, 2.24) is 0 Å². The minimum absolute atomic E-state index is 0.0340. The summed E-state index contributed by atoms with van der Waals surface area (Å²) in [5.74, 6) is 0.746.